The van der Waals surface area contributed by atoms with Gasteiger partial charge in [-0.05, 0) is 111 Å². The normalized spacial score (nSPS) is 11.8. The maximum atomic E-state index is 2.39. The van der Waals surface area contributed by atoms with Crippen LogP contribution in [0.1, 0.15) is 0 Å². The zero-order chi connectivity index (χ0) is 27.6. The summed E-state index contributed by atoms with van der Waals surface area (Å²) < 4.78 is 0. The highest BCUT2D eigenvalue weighted by molar-refractivity contribution is 6.23. The molecule has 194 valence electrons. The van der Waals surface area contributed by atoms with Crippen LogP contribution in [0, 0.1) is 0 Å². The molecular formula is C42H26. The Morgan fingerprint density at radius 2 is 0.524 bits per heavy atom. The van der Waals surface area contributed by atoms with Crippen LogP contribution in [0.25, 0.3) is 86.9 Å². The van der Waals surface area contributed by atoms with Gasteiger partial charge in [0.25, 0.3) is 0 Å². The van der Waals surface area contributed by atoms with Gasteiger partial charge in [0.05, 0.1) is 0 Å². The number of hydrogen-bond donors (Lipinski definition) is 0. The molecule has 0 heterocycles. The third kappa shape index (κ3) is 3.56. The average molecular weight is 531 g/mol. The lowest BCUT2D eigenvalue weighted by Gasteiger charge is -2.13. The van der Waals surface area contributed by atoms with Crippen LogP contribution in [0.2, 0.25) is 0 Å². The Hall–Kier alpha value is -5.46. The Kier molecular flexibility index (Phi) is 5.00. The van der Waals surface area contributed by atoms with Crippen molar-refractivity contribution in [3.8, 4) is 22.3 Å². The van der Waals surface area contributed by atoms with Crippen molar-refractivity contribution in [1.82, 2.24) is 0 Å². The van der Waals surface area contributed by atoms with E-state index in [0.717, 1.165) is 0 Å². The Morgan fingerprint density at radius 1 is 0.190 bits per heavy atom. The average Bonchev–Trinajstić information content (AvgIpc) is 3.07. The lowest BCUT2D eigenvalue weighted by Crippen LogP contribution is -1.85. The third-order valence-corrected chi connectivity index (χ3v) is 9.00. The van der Waals surface area contributed by atoms with Crippen LogP contribution in [-0.4, -0.2) is 0 Å². The Morgan fingerprint density at radius 3 is 0.929 bits per heavy atom. The van der Waals surface area contributed by atoms with Crippen molar-refractivity contribution in [2.75, 3.05) is 0 Å². The van der Waals surface area contributed by atoms with E-state index in [2.05, 4.69) is 158 Å². The van der Waals surface area contributed by atoms with Gasteiger partial charge in [-0.25, -0.2) is 0 Å². The molecule has 0 N–H and O–H groups in total. The Labute approximate surface area is 244 Å². The van der Waals surface area contributed by atoms with Crippen LogP contribution >= 0.6 is 0 Å². The summed E-state index contributed by atoms with van der Waals surface area (Å²) in [6.07, 6.45) is 0. The fourth-order valence-corrected chi connectivity index (χ4v) is 6.88. The van der Waals surface area contributed by atoms with Crippen LogP contribution < -0.4 is 0 Å². The molecule has 0 saturated heterocycles. The van der Waals surface area contributed by atoms with Crippen molar-refractivity contribution >= 4 is 64.6 Å². The predicted octanol–water partition coefficient (Wildman–Crippen LogP) is 11.9. The molecule has 9 aromatic rings. The molecule has 0 fully saturated rings. The summed E-state index contributed by atoms with van der Waals surface area (Å²) >= 11 is 0. The fourth-order valence-electron chi connectivity index (χ4n) is 6.88. The highest BCUT2D eigenvalue weighted by Crippen LogP contribution is 2.38. The van der Waals surface area contributed by atoms with Crippen LogP contribution in [0.4, 0.5) is 0 Å². The first-order valence-corrected chi connectivity index (χ1v) is 14.6. The van der Waals surface area contributed by atoms with Crippen molar-refractivity contribution < 1.29 is 0 Å². The summed E-state index contributed by atoms with van der Waals surface area (Å²) in [5.41, 5.74) is 5.01. The monoisotopic (exact) mass is 530 g/mol. The molecular weight excluding hydrogens is 504 g/mol. The first-order chi connectivity index (χ1) is 20.8. The number of rotatable bonds is 2. The zero-order valence-corrected chi connectivity index (χ0v) is 23.0. The molecule has 0 aliphatic carbocycles. The minimum absolute atomic E-state index is 1.25. The van der Waals surface area contributed by atoms with Crippen molar-refractivity contribution in [2.24, 2.45) is 0 Å². The van der Waals surface area contributed by atoms with E-state index in [1.54, 1.807) is 0 Å². The van der Waals surface area contributed by atoms with E-state index in [0.29, 0.717) is 0 Å². The van der Waals surface area contributed by atoms with Gasteiger partial charge in [0.15, 0.2) is 0 Å². The second-order valence-electron chi connectivity index (χ2n) is 11.4. The molecule has 9 rings (SSSR count). The van der Waals surface area contributed by atoms with Gasteiger partial charge in [-0.15, -0.1) is 0 Å². The summed E-state index contributed by atoms with van der Waals surface area (Å²) in [6, 6.07) is 58.1. The SMILES string of the molecule is c1ccc(-c2ccc3c(ccc4c5cc6ccc7c8ccc(-c9ccccc9)cc8ccc7c6cc5ccc34)c2)cc1. The standard InChI is InChI=1S/C42H26/c1-3-7-27(8-4-1)29-11-17-35-31(23-29)13-21-39-37(35)19-15-33-26-42-34(25-41(33)39)16-20-38-36-18-12-30(28-9-5-2-6-10-28)24-32(36)14-22-40(38)42/h1-26H. The summed E-state index contributed by atoms with van der Waals surface area (Å²) in [5.74, 6) is 0. The van der Waals surface area contributed by atoms with Crippen LogP contribution in [0.15, 0.2) is 158 Å². The minimum atomic E-state index is 1.25. The van der Waals surface area contributed by atoms with E-state index >= 15 is 0 Å². The number of benzene rings is 9. The summed E-state index contributed by atoms with van der Waals surface area (Å²) in [6.45, 7) is 0. The number of hydrogen-bond acceptors (Lipinski definition) is 0. The minimum Gasteiger partial charge on any atom is -0.0622 e. The fraction of sp³-hybridized carbons (Fsp3) is 0. The quantitative estimate of drug-likeness (QED) is 0.154. The molecule has 0 heteroatoms. The van der Waals surface area contributed by atoms with Crippen LogP contribution in [0.3, 0.4) is 0 Å². The van der Waals surface area contributed by atoms with E-state index in [1.807, 2.05) is 0 Å². The molecule has 0 atom stereocenters. The molecule has 0 bridgehead atoms. The first kappa shape index (κ1) is 23.3. The predicted molar refractivity (Wildman–Crippen MR) is 182 cm³/mol. The van der Waals surface area contributed by atoms with Gasteiger partial charge in [0.2, 0.25) is 0 Å². The zero-order valence-electron chi connectivity index (χ0n) is 23.0. The molecule has 0 spiro atoms. The van der Waals surface area contributed by atoms with E-state index in [9.17, 15) is 0 Å². The maximum Gasteiger partial charge on any atom is -0.00987 e. The van der Waals surface area contributed by atoms with Gasteiger partial charge in [-0.3, -0.25) is 0 Å². The van der Waals surface area contributed by atoms with Crippen molar-refractivity contribution in [3.63, 3.8) is 0 Å². The Balaban J connectivity index is 1.21. The summed E-state index contributed by atoms with van der Waals surface area (Å²) in [4.78, 5) is 0. The van der Waals surface area contributed by atoms with E-state index in [-0.39, 0.29) is 0 Å². The second kappa shape index (κ2) is 9.03. The lowest BCUT2D eigenvalue weighted by molar-refractivity contribution is 1.65. The summed E-state index contributed by atoms with van der Waals surface area (Å²) in [5, 5.41) is 15.5. The van der Waals surface area contributed by atoms with Crippen LogP contribution in [0.5, 0.6) is 0 Å². The van der Waals surface area contributed by atoms with E-state index in [4.69, 9.17) is 0 Å². The third-order valence-electron chi connectivity index (χ3n) is 9.00. The lowest BCUT2D eigenvalue weighted by atomic mass is 9.91. The van der Waals surface area contributed by atoms with Gasteiger partial charge in [-0.2, -0.15) is 0 Å². The topological polar surface area (TPSA) is 0 Å². The van der Waals surface area contributed by atoms with Crippen molar-refractivity contribution in [2.45, 2.75) is 0 Å². The second-order valence-corrected chi connectivity index (χ2v) is 11.4. The molecule has 9 aromatic carbocycles. The first-order valence-electron chi connectivity index (χ1n) is 14.6. The van der Waals surface area contributed by atoms with Gasteiger partial charge in [-0.1, -0.05) is 133 Å². The largest absolute Gasteiger partial charge is 0.0622 e. The maximum absolute atomic E-state index is 2.39. The smallest absolute Gasteiger partial charge is 0.00987 e. The molecule has 0 saturated carbocycles. The highest BCUT2D eigenvalue weighted by atomic mass is 14.1. The molecule has 0 aliphatic rings. The molecule has 0 unspecified atom stereocenters. The molecule has 0 aliphatic heterocycles. The van der Waals surface area contributed by atoms with Crippen molar-refractivity contribution in [1.29, 1.82) is 0 Å². The van der Waals surface area contributed by atoms with Crippen LogP contribution in [-0.2, 0) is 0 Å². The van der Waals surface area contributed by atoms with Gasteiger partial charge in [0.1, 0.15) is 0 Å². The summed E-state index contributed by atoms with van der Waals surface area (Å²) in [7, 11) is 0. The molecule has 0 aromatic heterocycles. The number of fused-ring (bicyclic) bond motifs is 10. The van der Waals surface area contributed by atoms with Gasteiger partial charge in [0, 0.05) is 0 Å². The molecule has 0 amide bonds. The Bertz CT molecular complexity index is 2310. The molecule has 42 heavy (non-hydrogen) atoms. The molecule has 0 radical (unpaired) electrons. The molecule has 0 nitrogen and oxygen atoms in total. The van der Waals surface area contributed by atoms with Gasteiger partial charge >= 0.3 is 0 Å². The highest BCUT2D eigenvalue weighted by Gasteiger charge is 2.11. The van der Waals surface area contributed by atoms with E-state index < -0.39 is 0 Å². The van der Waals surface area contributed by atoms with Crippen molar-refractivity contribution in [3.05, 3.63) is 158 Å². The van der Waals surface area contributed by atoms with E-state index in [1.165, 1.54) is 86.9 Å². The van der Waals surface area contributed by atoms with Gasteiger partial charge < -0.3 is 0 Å².